The summed E-state index contributed by atoms with van der Waals surface area (Å²) >= 11 is 0. The molecule has 176 valence electrons. The van der Waals surface area contributed by atoms with Gasteiger partial charge in [0.15, 0.2) is 23.0 Å². The lowest BCUT2D eigenvalue weighted by molar-refractivity contribution is 0.281. The lowest BCUT2D eigenvalue weighted by Gasteiger charge is -2.28. The predicted molar refractivity (Wildman–Crippen MR) is 130 cm³/mol. The Morgan fingerprint density at radius 2 is 1.03 bits per heavy atom. The van der Waals surface area contributed by atoms with E-state index in [1.165, 1.54) is 12.1 Å². The smallest absolute Gasteiger partial charge is 0.504 e. The van der Waals surface area contributed by atoms with Crippen molar-refractivity contribution < 1.29 is 28.3 Å². The van der Waals surface area contributed by atoms with Crippen molar-refractivity contribution in [1.29, 1.82) is 0 Å². The molecule has 0 aromatic heterocycles. The zero-order valence-electron chi connectivity index (χ0n) is 19.8. The van der Waals surface area contributed by atoms with Gasteiger partial charge in [-0.15, -0.1) is 0 Å². The van der Waals surface area contributed by atoms with Gasteiger partial charge in [0, 0.05) is 11.1 Å². The Balaban J connectivity index is 2.14. The van der Waals surface area contributed by atoms with Crippen LogP contribution in [0.3, 0.4) is 0 Å². The van der Waals surface area contributed by atoms with Gasteiger partial charge in [0.25, 0.3) is 0 Å². The van der Waals surface area contributed by atoms with Crippen LogP contribution in [-0.4, -0.2) is 10.2 Å². The maximum absolute atomic E-state index is 14.1. The van der Waals surface area contributed by atoms with Gasteiger partial charge in [0.05, 0.1) is 0 Å². The number of benzene rings is 3. The monoisotopic (exact) mass is 470 g/mol. The third kappa shape index (κ3) is 5.82. The van der Waals surface area contributed by atoms with Gasteiger partial charge in [0.2, 0.25) is 0 Å². The molecule has 0 heterocycles. The van der Waals surface area contributed by atoms with Crippen LogP contribution < -0.4 is 13.6 Å². The summed E-state index contributed by atoms with van der Waals surface area (Å²) in [4.78, 5) is 0. The molecular formula is C26H31O6P. The topological polar surface area (TPSA) is 85.2 Å². The molecule has 3 rings (SSSR count). The number of phenols is 2. The fourth-order valence-corrected chi connectivity index (χ4v) is 4.64. The highest BCUT2D eigenvalue weighted by Crippen LogP contribution is 2.56. The highest BCUT2D eigenvalue weighted by atomic mass is 31.2. The van der Waals surface area contributed by atoms with Gasteiger partial charge in [-0.25, -0.2) is 0 Å². The average molecular weight is 471 g/mol. The van der Waals surface area contributed by atoms with Crippen molar-refractivity contribution in [3.8, 4) is 28.7 Å². The van der Waals surface area contributed by atoms with Gasteiger partial charge in [-0.3, -0.25) is 0 Å². The van der Waals surface area contributed by atoms with Gasteiger partial charge in [-0.1, -0.05) is 84.0 Å². The molecule has 0 spiro atoms. The minimum atomic E-state index is -4.45. The second kappa shape index (κ2) is 9.03. The molecule has 0 radical (unpaired) electrons. The van der Waals surface area contributed by atoms with Crippen molar-refractivity contribution in [1.82, 2.24) is 0 Å². The Kier molecular flexibility index (Phi) is 6.71. The first-order valence-electron chi connectivity index (χ1n) is 10.7. The van der Waals surface area contributed by atoms with E-state index in [2.05, 4.69) is 0 Å². The molecule has 0 saturated carbocycles. The highest BCUT2D eigenvalue weighted by molar-refractivity contribution is 7.49. The molecule has 6 nitrogen and oxygen atoms in total. The Morgan fingerprint density at radius 3 is 1.42 bits per heavy atom. The van der Waals surface area contributed by atoms with Gasteiger partial charge >= 0.3 is 7.82 Å². The second-order valence-electron chi connectivity index (χ2n) is 9.84. The molecule has 2 N–H and O–H groups in total. The molecule has 7 heteroatoms. The van der Waals surface area contributed by atoms with E-state index in [1.54, 1.807) is 54.6 Å². The third-order valence-electron chi connectivity index (χ3n) is 4.97. The summed E-state index contributed by atoms with van der Waals surface area (Å²) in [5, 5.41) is 21.2. The maximum Gasteiger partial charge on any atom is 0.647 e. The number of rotatable bonds is 6. The fraction of sp³-hybridized carbons (Fsp3) is 0.308. The van der Waals surface area contributed by atoms with E-state index in [1.807, 2.05) is 41.5 Å². The maximum atomic E-state index is 14.1. The minimum Gasteiger partial charge on any atom is -0.504 e. The van der Waals surface area contributed by atoms with Crippen molar-refractivity contribution in [3.63, 3.8) is 0 Å². The van der Waals surface area contributed by atoms with Crippen molar-refractivity contribution in [2.45, 2.75) is 52.4 Å². The number of phenolic OH excluding ortho intramolecular Hbond substituents is 2. The van der Waals surface area contributed by atoms with E-state index in [0.717, 1.165) is 0 Å². The zero-order valence-corrected chi connectivity index (χ0v) is 20.7. The molecule has 0 fully saturated rings. The van der Waals surface area contributed by atoms with Crippen molar-refractivity contribution >= 4 is 7.82 Å². The van der Waals surface area contributed by atoms with Crippen LogP contribution in [0.2, 0.25) is 0 Å². The summed E-state index contributed by atoms with van der Waals surface area (Å²) in [5.41, 5.74) is 0.376. The zero-order chi connectivity index (χ0) is 24.4. The molecule has 0 atom stereocenters. The summed E-state index contributed by atoms with van der Waals surface area (Å²) in [6, 6.07) is 18.3. The summed E-state index contributed by atoms with van der Waals surface area (Å²) in [6.45, 7) is 11.7. The fourth-order valence-electron chi connectivity index (χ4n) is 3.31. The van der Waals surface area contributed by atoms with Crippen LogP contribution in [-0.2, 0) is 15.4 Å². The standard InChI is InChI=1S/C26H31O6P/c1-25(2,3)19-14-10-16-21(27)23(19)31-33(29,30-18-12-8-7-9-13-18)32-24-20(26(4,5)6)15-11-17-22(24)28/h7-17,27-28H,1-6H3. The molecule has 0 aliphatic heterocycles. The van der Waals surface area contributed by atoms with E-state index in [9.17, 15) is 14.8 Å². The van der Waals surface area contributed by atoms with E-state index >= 15 is 0 Å². The Hall–Kier alpha value is -3.11. The molecule has 3 aromatic rings. The van der Waals surface area contributed by atoms with Crippen molar-refractivity contribution in [2.24, 2.45) is 0 Å². The first-order chi connectivity index (χ1) is 15.3. The van der Waals surface area contributed by atoms with Gasteiger partial charge < -0.3 is 23.8 Å². The molecule has 33 heavy (non-hydrogen) atoms. The summed E-state index contributed by atoms with van der Waals surface area (Å²) in [6.07, 6.45) is 0. The van der Waals surface area contributed by atoms with Crippen molar-refractivity contribution in [2.75, 3.05) is 0 Å². The van der Waals surface area contributed by atoms with E-state index in [-0.39, 0.29) is 28.7 Å². The Bertz CT molecular complexity index is 1090. The minimum absolute atomic E-state index is 0.00278. The van der Waals surface area contributed by atoms with Crippen LogP contribution in [0.5, 0.6) is 28.7 Å². The number of aromatic hydroxyl groups is 2. The molecule has 0 bridgehead atoms. The van der Waals surface area contributed by atoms with Crippen LogP contribution >= 0.6 is 7.82 Å². The number of hydrogen-bond acceptors (Lipinski definition) is 6. The summed E-state index contributed by atoms with van der Waals surface area (Å²) in [5.74, 6) is -0.150. The number of para-hydroxylation sites is 3. The molecule has 0 unspecified atom stereocenters. The molecular weight excluding hydrogens is 439 g/mol. The molecule has 0 aliphatic rings. The van der Waals surface area contributed by atoms with Crippen LogP contribution in [0.4, 0.5) is 0 Å². The van der Waals surface area contributed by atoms with Crippen LogP contribution in [0.25, 0.3) is 0 Å². The van der Waals surface area contributed by atoms with E-state index < -0.39 is 18.7 Å². The molecule has 0 saturated heterocycles. The first kappa shape index (κ1) is 24.5. The average Bonchev–Trinajstić information content (AvgIpc) is 2.70. The van der Waals surface area contributed by atoms with E-state index in [0.29, 0.717) is 11.1 Å². The molecule has 0 aliphatic carbocycles. The van der Waals surface area contributed by atoms with Gasteiger partial charge in [0.1, 0.15) is 5.75 Å². The number of hydrogen-bond donors (Lipinski definition) is 2. The van der Waals surface area contributed by atoms with E-state index in [4.69, 9.17) is 13.6 Å². The van der Waals surface area contributed by atoms with Crippen LogP contribution in [0.1, 0.15) is 52.7 Å². The first-order valence-corrected chi connectivity index (χ1v) is 12.1. The number of phosphoric acid groups is 1. The predicted octanol–water partition coefficient (Wildman–Crippen LogP) is 7.34. The van der Waals surface area contributed by atoms with Crippen molar-refractivity contribution in [3.05, 3.63) is 77.9 Å². The van der Waals surface area contributed by atoms with Gasteiger partial charge in [-0.2, -0.15) is 4.57 Å². The largest absolute Gasteiger partial charge is 0.647 e. The molecule has 3 aromatic carbocycles. The number of phosphoric ester groups is 1. The Labute approximate surface area is 195 Å². The summed E-state index contributed by atoms with van der Waals surface area (Å²) < 4.78 is 31.6. The SMILES string of the molecule is CC(C)(C)c1cccc(O)c1OP(=O)(Oc1ccccc1)Oc1c(O)cccc1C(C)(C)C. The lowest BCUT2D eigenvalue weighted by atomic mass is 9.86. The van der Waals surface area contributed by atoms with Crippen LogP contribution in [0.15, 0.2) is 66.7 Å². The normalized spacial score (nSPS) is 12.3. The highest BCUT2D eigenvalue weighted by Gasteiger charge is 2.39. The lowest BCUT2D eigenvalue weighted by Crippen LogP contribution is -2.17. The molecule has 0 amide bonds. The quantitative estimate of drug-likeness (QED) is 0.367. The van der Waals surface area contributed by atoms with Crippen LogP contribution in [0, 0.1) is 0 Å². The van der Waals surface area contributed by atoms with Gasteiger partial charge in [-0.05, 0) is 35.1 Å². The second-order valence-corrected chi connectivity index (χ2v) is 11.3. The Morgan fingerprint density at radius 1 is 0.606 bits per heavy atom. The summed E-state index contributed by atoms with van der Waals surface area (Å²) in [7, 11) is -4.45. The third-order valence-corrected chi connectivity index (χ3v) is 6.22.